The topological polar surface area (TPSA) is 42.2 Å². The van der Waals surface area contributed by atoms with E-state index >= 15 is 0 Å². The molecule has 0 heterocycles. The molecule has 92 valence electrons. The maximum atomic E-state index is 8.93. The average molecular weight is 254 g/mol. The molecule has 0 aromatic heterocycles. The van der Waals surface area contributed by atoms with E-state index in [4.69, 9.17) is 26.3 Å². The maximum Gasteiger partial charge on any atom is 0.138 e. The van der Waals surface area contributed by atoms with Crippen molar-refractivity contribution in [3.05, 3.63) is 28.8 Å². The zero-order valence-electron chi connectivity index (χ0n) is 9.91. The average Bonchev–Trinajstić information content (AvgIpc) is 2.34. The Labute approximate surface area is 107 Å². The molecule has 17 heavy (non-hydrogen) atoms. The van der Waals surface area contributed by atoms with E-state index in [-0.39, 0.29) is 0 Å². The predicted molar refractivity (Wildman–Crippen MR) is 67.4 cm³/mol. The molecule has 3 nitrogen and oxygen atoms in total. The van der Waals surface area contributed by atoms with Crippen LogP contribution in [-0.2, 0) is 4.74 Å². The highest BCUT2D eigenvalue weighted by Gasteiger charge is 2.06. The van der Waals surface area contributed by atoms with Crippen LogP contribution < -0.4 is 4.74 Å². The summed E-state index contributed by atoms with van der Waals surface area (Å²) >= 11 is 5.88. The van der Waals surface area contributed by atoms with Crippen molar-refractivity contribution >= 4 is 11.6 Å². The lowest BCUT2D eigenvalue weighted by atomic mass is 10.2. The summed E-state index contributed by atoms with van der Waals surface area (Å²) in [6.45, 7) is 3.82. The Morgan fingerprint density at radius 3 is 2.82 bits per heavy atom. The molecule has 0 unspecified atom stereocenters. The first-order valence-corrected chi connectivity index (χ1v) is 6.06. The molecular weight excluding hydrogens is 238 g/mol. The summed E-state index contributed by atoms with van der Waals surface area (Å²) in [5, 5.41) is 9.34. The van der Waals surface area contributed by atoms with Crippen LogP contribution in [0, 0.1) is 11.3 Å². The quantitative estimate of drug-likeness (QED) is 0.700. The number of halogens is 1. The SMILES string of the molecule is CCCCOCCOc1cccc(Cl)c1C#N. The highest BCUT2D eigenvalue weighted by atomic mass is 35.5. The van der Waals surface area contributed by atoms with E-state index in [2.05, 4.69) is 6.92 Å². The summed E-state index contributed by atoms with van der Waals surface area (Å²) in [5.41, 5.74) is 0.378. The summed E-state index contributed by atoms with van der Waals surface area (Å²) in [7, 11) is 0. The van der Waals surface area contributed by atoms with Gasteiger partial charge in [0, 0.05) is 6.61 Å². The molecule has 1 aromatic carbocycles. The van der Waals surface area contributed by atoms with Gasteiger partial charge >= 0.3 is 0 Å². The monoisotopic (exact) mass is 253 g/mol. The Kier molecular flexibility index (Phi) is 6.46. The first-order chi connectivity index (χ1) is 8.29. The van der Waals surface area contributed by atoms with Crippen molar-refractivity contribution in [2.45, 2.75) is 19.8 Å². The van der Waals surface area contributed by atoms with Crippen molar-refractivity contribution in [2.75, 3.05) is 19.8 Å². The van der Waals surface area contributed by atoms with Gasteiger partial charge in [-0.25, -0.2) is 0 Å². The predicted octanol–water partition coefficient (Wildman–Crippen LogP) is 3.41. The summed E-state index contributed by atoms with van der Waals surface area (Å²) in [5.74, 6) is 0.513. The van der Waals surface area contributed by atoms with Crippen LogP contribution in [-0.4, -0.2) is 19.8 Å². The van der Waals surface area contributed by atoms with Gasteiger partial charge in [0.05, 0.1) is 11.6 Å². The van der Waals surface area contributed by atoms with Crippen LogP contribution in [0.25, 0.3) is 0 Å². The molecule has 0 saturated carbocycles. The van der Waals surface area contributed by atoms with Crippen LogP contribution in [0.1, 0.15) is 25.3 Å². The van der Waals surface area contributed by atoms with Crippen molar-refractivity contribution in [1.82, 2.24) is 0 Å². The van der Waals surface area contributed by atoms with E-state index in [9.17, 15) is 0 Å². The minimum Gasteiger partial charge on any atom is -0.490 e. The Hall–Kier alpha value is -1.24. The Bertz CT molecular complexity index is 387. The number of hydrogen-bond acceptors (Lipinski definition) is 3. The van der Waals surface area contributed by atoms with E-state index in [0.29, 0.717) is 29.5 Å². The molecule has 0 aliphatic heterocycles. The number of ether oxygens (including phenoxy) is 2. The second-order valence-corrected chi connectivity index (χ2v) is 3.95. The van der Waals surface area contributed by atoms with Gasteiger partial charge in [-0.05, 0) is 18.6 Å². The number of nitrogens with zero attached hydrogens (tertiary/aromatic N) is 1. The van der Waals surface area contributed by atoms with Crippen molar-refractivity contribution in [3.8, 4) is 11.8 Å². The summed E-state index contributed by atoms with van der Waals surface area (Å²) in [6.07, 6.45) is 2.17. The van der Waals surface area contributed by atoms with Crippen LogP contribution in [0.2, 0.25) is 5.02 Å². The highest BCUT2D eigenvalue weighted by molar-refractivity contribution is 6.31. The van der Waals surface area contributed by atoms with Crippen LogP contribution >= 0.6 is 11.6 Å². The maximum absolute atomic E-state index is 8.93. The molecule has 0 fully saturated rings. The molecule has 0 amide bonds. The minimum atomic E-state index is 0.378. The molecule has 0 N–H and O–H groups in total. The zero-order chi connectivity index (χ0) is 12.5. The van der Waals surface area contributed by atoms with Gasteiger partial charge in [0.15, 0.2) is 0 Å². The lowest BCUT2D eigenvalue weighted by Crippen LogP contribution is -2.08. The van der Waals surface area contributed by atoms with Gasteiger partial charge in [-0.3, -0.25) is 0 Å². The van der Waals surface area contributed by atoms with Gasteiger partial charge in [-0.15, -0.1) is 0 Å². The van der Waals surface area contributed by atoms with Gasteiger partial charge < -0.3 is 9.47 Å². The second kappa shape index (κ2) is 7.94. The van der Waals surface area contributed by atoms with Crippen molar-refractivity contribution < 1.29 is 9.47 Å². The number of rotatable bonds is 7. The molecule has 1 rings (SSSR count). The Balaban J connectivity index is 2.37. The fourth-order valence-corrected chi connectivity index (χ4v) is 1.50. The van der Waals surface area contributed by atoms with Crippen LogP contribution in [0.4, 0.5) is 0 Å². The van der Waals surface area contributed by atoms with Gasteiger partial charge in [0.2, 0.25) is 0 Å². The second-order valence-electron chi connectivity index (χ2n) is 3.54. The highest BCUT2D eigenvalue weighted by Crippen LogP contribution is 2.25. The molecule has 0 radical (unpaired) electrons. The molecule has 0 aliphatic rings. The number of hydrogen-bond donors (Lipinski definition) is 0. The third kappa shape index (κ3) is 4.64. The molecule has 0 aliphatic carbocycles. The Morgan fingerprint density at radius 1 is 1.29 bits per heavy atom. The van der Waals surface area contributed by atoms with E-state index in [1.54, 1.807) is 18.2 Å². The lowest BCUT2D eigenvalue weighted by Gasteiger charge is -2.08. The number of unbranched alkanes of at least 4 members (excludes halogenated alkanes) is 1. The summed E-state index contributed by atoms with van der Waals surface area (Å²) < 4.78 is 10.8. The number of benzene rings is 1. The fraction of sp³-hybridized carbons (Fsp3) is 0.462. The Morgan fingerprint density at radius 2 is 2.12 bits per heavy atom. The molecular formula is C13H16ClNO2. The van der Waals surface area contributed by atoms with Crippen LogP contribution in [0.3, 0.4) is 0 Å². The molecule has 0 spiro atoms. The third-order valence-corrected chi connectivity index (χ3v) is 2.53. The van der Waals surface area contributed by atoms with Crippen molar-refractivity contribution in [3.63, 3.8) is 0 Å². The minimum absolute atomic E-state index is 0.378. The van der Waals surface area contributed by atoms with E-state index < -0.39 is 0 Å². The molecule has 0 bridgehead atoms. The van der Waals surface area contributed by atoms with Gasteiger partial charge in [-0.1, -0.05) is 31.0 Å². The largest absolute Gasteiger partial charge is 0.490 e. The van der Waals surface area contributed by atoms with Gasteiger partial charge in [0.1, 0.15) is 24.0 Å². The molecule has 0 atom stereocenters. The molecule has 1 aromatic rings. The van der Waals surface area contributed by atoms with E-state index in [0.717, 1.165) is 19.4 Å². The van der Waals surface area contributed by atoms with E-state index in [1.807, 2.05) is 6.07 Å². The van der Waals surface area contributed by atoms with Crippen molar-refractivity contribution in [2.24, 2.45) is 0 Å². The molecule has 4 heteroatoms. The lowest BCUT2D eigenvalue weighted by molar-refractivity contribution is 0.0980. The first-order valence-electron chi connectivity index (χ1n) is 5.68. The smallest absolute Gasteiger partial charge is 0.138 e. The van der Waals surface area contributed by atoms with Crippen LogP contribution in [0.5, 0.6) is 5.75 Å². The fourth-order valence-electron chi connectivity index (χ4n) is 1.29. The zero-order valence-corrected chi connectivity index (χ0v) is 10.7. The summed E-state index contributed by atoms with van der Waals surface area (Å²) in [6, 6.07) is 7.19. The van der Waals surface area contributed by atoms with Gasteiger partial charge in [-0.2, -0.15) is 5.26 Å². The standard InChI is InChI=1S/C13H16ClNO2/c1-2-3-7-16-8-9-17-13-6-4-5-12(14)11(13)10-15/h4-6H,2-3,7-9H2,1H3. The normalized spacial score (nSPS) is 9.94. The third-order valence-electron chi connectivity index (χ3n) is 2.21. The summed E-state index contributed by atoms with van der Waals surface area (Å²) in [4.78, 5) is 0. The first kappa shape index (κ1) is 13.8. The van der Waals surface area contributed by atoms with Crippen molar-refractivity contribution in [1.29, 1.82) is 5.26 Å². The molecule has 0 saturated heterocycles. The number of nitriles is 1. The van der Waals surface area contributed by atoms with E-state index in [1.165, 1.54) is 0 Å². The van der Waals surface area contributed by atoms with Gasteiger partial charge in [0.25, 0.3) is 0 Å². The van der Waals surface area contributed by atoms with Crippen LogP contribution in [0.15, 0.2) is 18.2 Å².